The van der Waals surface area contributed by atoms with Gasteiger partial charge in [-0.3, -0.25) is 14.5 Å². The molecule has 0 bridgehead atoms. The van der Waals surface area contributed by atoms with Gasteiger partial charge in [0.25, 0.3) is 5.91 Å². The molecular formula is C13H15BrN4O3. The lowest BCUT2D eigenvalue weighted by atomic mass is 10.3. The average molecular weight is 355 g/mol. The molecule has 0 unspecified atom stereocenters. The fraction of sp³-hybridized carbons (Fsp3) is 0.462. The normalized spacial score (nSPS) is 18.2. The number of hydrogen-bond donors (Lipinski definition) is 1. The Kier molecular flexibility index (Phi) is 4.07. The molecule has 2 amide bonds. The second-order valence-corrected chi connectivity index (χ2v) is 5.67. The second-order valence-electron chi connectivity index (χ2n) is 4.86. The van der Waals surface area contributed by atoms with E-state index in [-0.39, 0.29) is 25.0 Å². The molecule has 0 radical (unpaired) electrons. The van der Waals surface area contributed by atoms with Crippen LogP contribution in [0.3, 0.4) is 0 Å². The number of fused-ring (bicyclic) bond motifs is 1. The molecule has 2 aliphatic heterocycles. The molecular weight excluding hydrogens is 340 g/mol. The lowest BCUT2D eigenvalue weighted by molar-refractivity contribution is -0.132. The topological polar surface area (TPSA) is 74.8 Å². The minimum atomic E-state index is -0.253. The van der Waals surface area contributed by atoms with E-state index >= 15 is 0 Å². The SMILES string of the molecule is O=C(CN1C(=O)COc2ccc(Br)nc21)N1CCNCC1. The van der Waals surface area contributed by atoms with Crippen molar-refractivity contribution in [1.29, 1.82) is 0 Å². The van der Waals surface area contributed by atoms with Crippen molar-refractivity contribution in [1.82, 2.24) is 15.2 Å². The summed E-state index contributed by atoms with van der Waals surface area (Å²) in [5.41, 5.74) is 0. The quantitative estimate of drug-likeness (QED) is 0.756. The van der Waals surface area contributed by atoms with Crippen molar-refractivity contribution < 1.29 is 14.3 Å². The molecule has 112 valence electrons. The van der Waals surface area contributed by atoms with Gasteiger partial charge in [0.05, 0.1) is 0 Å². The van der Waals surface area contributed by atoms with Crippen LogP contribution in [0.15, 0.2) is 16.7 Å². The first-order valence-electron chi connectivity index (χ1n) is 6.73. The van der Waals surface area contributed by atoms with Gasteiger partial charge in [-0.1, -0.05) is 0 Å². The standard InChI is InChI=1S/C13H15BrN4O3/c14-10-2-1-9-13(16-10)18(12(20)8-21-9)7-11(19)17-5-3-15-4-6-17/h1-2,15H,3-8H2. The van der Waals surface area contributed by atoms with Crippen LogP contribution in [0, 0.1) is 0 Å². The van der Waals surface area contributed by atoms with Gasteiger partial charge >= 0.3 is 0 Å². The van der Waals surface area contributed by atoms with Gasteiger partial charge in [-0.25, -0.2) is 4.98 Å². The zero-order chi connectivity index (χ0) is 14.8. The van der Waals surface area contributed by atoms with Crippen LogP contribution in [0.5, 0.6) is 5.75 Å². The minimum absolute atomic E-state index is 0.00134. The molecule has 1 aromatic rings. The highest BCUT2D eigenvalue weighted by atomic mass is 79.9. The van der Waals surface area contributed by atoms with Crippen LogP contribution < -0.4 is 15.0 Å². The number of halogens is 1. The Balaban J connectivity index is 1.79. The molecule has 3 heterocycles. The highest BCUT2D eigenvalue weighted by Gasteiger charge is 2.30. The number of amides is 2. The van der Waals surface area contributed by atoms with Gasteiger partial charge in [-0.2, -0.15) is 0 Å². The highest BCUT2D eigenvalue weighted by Crippen LogP contribution is 2.31. The van der Waals surface area contributed by atoms with Crippen LogP contribution in [0.2, 0.25) is 0 Å². The van der Waals surface area contributed by atoms with Gasteiger partial charge in [0.2, 0.25) is 5.91 Å². The third-order valence-corrected chi connectivity index (χ3v) is 3.92. The average Bonchev–Trinajstić information content (AvgIpc) is 2.51. The molecule has 0 saturated carbocycles. The van der Waals surface area contributed by atoms with Crippen molar-refractivity contribution in [2.75, 3.05) is 44.2 Å². The largest absolute Gasteiger partial charge is 0.480 e. The van der Waals surface area contributed by atoms with Crippen LogP contribution >= 0.6 is 15.9 Å². The number of carbonyl (C=O) groups excluding carboxylic acids is 2. The van der Waals surface area contributed by atoms with E-state index in [0.29, 0.717) is 29.3 Å². The first-order valence-corrected chi connectivity index (χ1v) is 7.52. The van der Waals surface area contributed by atoms with Gasteiger partial charge in [-0.05, 0) is 28.1 Å². The van der Waals surface area contributed by atoms with E-state index in [1.165, 1.54) is 4.90 Å². The number of aromatic nitrogens is 1. The number of carbonyl (C=O) groups is 2. The predicted octanol–water partition coefficient (Wildman–Crippen LogP) is 0.00130. The molecule has 1 saturated heterocycles. The lowest BCUT2D eigenvalue weighted by Crippen LogP contribution is -2.51. The van der Waals surface area contributed by atoms with Crippen LogP contribution in [-0.2, 0) is 9.59 Å². The zero-order valence-electron chi connectivity index (χ0n) is 11.3. The van der Waals surface area contributed by atoms with Crippen molar-refractivity contribution in [2.45, 2.75) is 0 Å². The van der Waals surface area contributed by atoms with E-state index in [1.54, 1.807) is 17.0 Å². The Morgan fingerprint density at radius 2 is 2.14 bits per heavy atom. The van der Waals surface area contributed by atoms with Crippen molar-refractivity contribution in [2.24, 2.45) is 0 Å². The summed E-state index contributed by atoms with van der Waals surface area (Å²) in [5.74, 6) is 0.589. The maximum Gasteiger partial charge on any atom is 0.266 e. The molecule has 1 fully saturated rings. The first kappa shape index (κ1) is 14.3. The summed E-state index contributed by atoms with van der Waals surface area (Å²) < 4.78 is 5.94. The zero-order valence-corrected chi connectivity index (χ0v) is 12.9. The van der Waals surface area contributed by atoms with E-state index in [9.17, 15) is 9.59 Å². The fourth-order valence-corrected chi connectivity index (χ4v) is 2.67. The van der Waals surface area contributed by atoms with Crippen LogP contribution in [0.25, 0.3) is 0 Å². The van der Waals surface area contributed by atoms with Gasteiger partial charge in [0, 0.05) is 26.2 Å². The van der Waals surface area contributed by atoms with Gasteiger partial charge in [0.15, 0.2) is 18.2 Å². The number of pyridine rings is 1. The molecule has 0 spiro atoms. The monoisotopic (exact) mass is 354 g/mol. The molecule has 0 aromatic carbocycles. The Hall–Kier alpha value is -1.67. The van der Waals surface area contributed by atoms with Crippen LogP contribution in [0.4, 0.5) is 5.82 Å². The van der Waals surface area contributed by atoms with Crippen LogP contribution in [0.1, 0.15) is 0 Å². The van der Waals surface area contributed by atoms with Crippen molar-refractivity contribution >= 4 is 33.6 Å². The number of piperazine rings is 1. The summed E-state index contributed by atoms with van der Waals surface area (Å²) in [6, 6.07) is 3.48. The number of ether oxygens (including phenoxy) is 1. The van der Waals surface area contributed by atoms with Gasteiger partial charge < -0.3 is 15.0 Å². The molecule has 21 heavy (non-hydrogen) atoms. The summed E-state index contributed by atoms with van der Waals surface area (Å²) in [7, 11) is 0. The summed E-state index contributed by atoms with van der Waals surface area (Å²) in [5, 5.41) is 3.19. The third-order valence-electron chi connectivity index (χ3n) is 3.48. The molecule has 3 rings (SSSR count). The number of hydrogen-bond acceptors (Lipinski definition) is 5. The molecule has 1 N–H and O–H groups in total. The summed E-state index contributed by atoms with van der Waals surface area (Å²) in [6.45, 7) is 2.82. The first-order chi connectivity index (χ1) is 10.1. The summed E-state index contributed by atoms with van der Waals surface area (Å²) in [6.07, 6.45) is 0. The lowest BCUT2D eigenvalue weighted by Gasteiger charge is -2.32. The highest BCUT2D eigenvalue weighted by molar-refractivity contribution is 9.10. The van der Waals surface area contributed by atoms with Crippen molar-refractivity contribution in [3.05, 3.63) is 16.7 Å². The fourth-order valence-electron chi connectivity index (χ4n) is 2.37. The minimum Gasteiger partial charge on any atom is -0.480 e. The Morgan fingerprint density at radius 3 is 2.90 bits per heavy atom. The van der Waals surface area contributed by atoms with E-state index in [0.717, 1.165) is 13.1 Å². The van der Waals surface area contributed by atoms with Crippen molar-refractivity contribution in [3.8, 4) is 5.75 Å². The number of nitrogens with one attached hydrogen (secondary N) is 1. The van der Waals surface area contributed by atoms with Crippen LogP contribution in [-0.4, -0.2) is 61.0 Å². The molecule has 8 heteroatoms. The Morgan fingerprint density at radius 1 is 1.38 bits per heavy atom. The molecule has 1 aromatic heterocycles. The maximum absolute atomic E-state index is 12.3. The maximum atomic E-state index is 12.3. The second kappa shape index (κ2) is 5.98. The summed E-state index contributed by atoms with van der Waals surface area (Å²) in [4.78, 5) is 31.8. The summed E-state index contributed by atoms with van der Waals surface area (Å²) >= 11 is 3.27. The van der Waals surface area contributed by atoms with E-state index in [2.05, 4.69) is 26.2 Å². The third kappa shape index (κ3) is 3.01. The smallest absolute Gasteiger partial charge is 0.266 e. The van der Waals surface area contributed by atoms with Gasteiger partial charge in [-0.15, -0.1) is 0 Å². The van der Waals surface area contributed by atoms with E-state index in [4.69, 9.17) is 4.74 Å². The molecule has 0 aliphatic carbocycles. The Labute approximate surface area is 130 Å². The molecule has 2 aliphatic rings. The molecule has 7 nitrogen and oxygen atoms in total. The van der Waals surface area contributed by atoms with Crippen molar-refractivity contribution in [3.63, 3.8) is 0 Å². The Bertz CT molecular complexity index is 575. The number of rotatable bonds is 2. The van der Waals surface area contributed by atoms with Gasteiger partial charge in [0.1, 0.15) is 11.1 Å². The number of anilines is 1. The molecule has 0 atom stereocenters. The number of nitrogens with zero attached hydrogens (tertiary/aromatic N) is 3. The van der Waals surface area contributed by atoms with E-state index < -0.39 is 0 Å². The predicted molar refractivity (Wildman–Crippen MR) is 79.2 cm³/mol. The van der Waals surface area contributed by atoms with E-state index in [1.807, 2.05) is 0 Å².